The van der Waals surface area contributed by atoms with Gasteiger partial charge in [-0.2, -0.15) is 10.4 Å². The molecule has 3 heterocycles. The van der Waals surface area contributed by atoms with Crippen molar-refractivity contribution < 1.29 is 9.59 Å². The van der Waals surface area contributed by atoms with Crippen LogP contribution in [-0.4, -0.2) is 31.3 Å². The Kier molecular flexibility index (Phi) is 6.25. The number of Topliss-reactive ketones (excluding diaryl/α,β-unsaturated/α-hetero) is 2. The highest BCUT2D eigenvalue weighted by Gasteiger charge is 2.14. The SMILES string of the molecule is CC(C)CC(=O)c1cccc(C(=O)CCc2cnn(-c3cncc(C#N)c3)c2)n1. The molecule has 146 valence electrons. The molecule has 7 nitrogen and oxygen atoms in total. The minimum Gasteiger partial charge on any atom is -0.292 e. The third kappa shape index (κ3) is 5.20. The van der Waals surface area contributed by atoms with Gasteiger partial charge in [-0.15, -0.1) is 0 Å². The van der Waals surface area contributed by atoms with E-state index in [9.17, 15) is 9.59 Å². The maximum Gasteiger partial charge on any atom is 0.181 e. The largest absolute Gasteiger partial charge is 0.292 e. The van der Waals surface area contributed by atoms with Crippen LogP contribution < -0.4 is 0 Å². The summed E-state index contributed by atoms with van der Waals surface area (Å²) in [5.74, 6) is 0.0680. The van der Waals surface area contributed by atoms with Gasteiger partial charge in [-0.05, 0) is 36.1 Å². The summed E-state index contributed by atoms with van der Waals surface area (Å²) in [7, 11) is 0. The highest BCUT2D eigenvalue weighted by atomic mass is 16.1. The minimum atomic E-state index is -0.120. The zero-order valence-corrected chi connectivity index (χ0v) is 16.4. The Morgan fingerprint density at radius 2 is 1.90 bits per heavy atom. The summed E-state index contributed by atoms with van der Waals surface area (Å²) in [6, 6.07) is 8.72. The number of hydrogen-bond donors (Lipinski definition) is 0. The average molecular weight is 387 g/mol. The fraction of sp³-hybridized carbons (Fsp3) is 0.273. The first-order chi connectivity index (χ1) is 14.0. The van der Waals surface area contributed by atoms with Crippen LogP contribution in [0.2, 0.25) is 0 Å². The van der Waals surface area contributed by atoms with E-state index in [4.69, 9.17) is 5.26 Å². The number of rotatable bonds is 8. The number of nitrogens with zero attached hydrogens (tertiary/aromatic N) is 5. The van der Waals surface area contributed by atoms with Crippen LogP contribution in [0, 0.1) is 17.2 Å². The van der Waals surface area contributed by atoms with Gasteiger partial charge in [0, 0.05) is 25.2 Å². The zero-order valence-electron chi connectivity index (χ0n) is 16.4. The van der Waals surface area contributed by atoms with Crippen molar-refractivity contribution in [1.29, 1.82) is 5.26 Å². The highest BCUT2D eigenvalue weighted by molar-refractivity contribution is 5.98. The molecule has 0 saturated carbocycles. The van der Waals surface area contributed by atoms with E-state index >= 15 is 0 Å². The second-order valence-corrected chi connectivity index (χ2v) is 7.19. The van der Waals surface area contributed by atoms with Crippen LogP contribution in [0.3, 0.4) is 0 Å². The van der Waals surface area contributed by atoms with Gasteiger partial charge in [0.2, 0.25) is 0 Å². The van der Waals surface area contributed by atoms with E-state index in [0.717, 1.165) is 5.56 Å². The van der Waals surface area contributed by atoms with Gasteiger partial charge in [0.15, 0.2) is 11.6 Å². The Labute approximate surface area is 169 Å². The van der Waals surface area contributed by atoms with E-state index in [0.29, 0.717) is 35.5 Å². The van der Waals surface area contributed by atoms with Gasteiger partial charge in [-0.1, -0.05) is 19.9 Å². The second-order valence-electron chi connectivity index (χ2n) is 7.19. The van der Waals surface area contributed by atoms with Gasteiger partial charge >= 0.3 is 0 Å². The summed E-state index contributed by atoms with van der Waals surface area (Å²) in [5.41, 5.74) is 2.65. The first-order valence-corrected chi connectivity index (χ1v) is 9.39. The molecule has 0 aliphatic rings. The third-order valence-electron chi connectivity index (χ3n) is 4.31. The Morgan fingerprint density at radius 3 is 2.62 bits per heavy atom. The van der Waals surface area contributed by atoms with Crippen LogP contribution in [0.4, 0.5) is 0 Å². The summed E-state index contributed by atoms with van der Waals surface area (Å²) >= 11 is 0. The van der Waals surface area contributed by atoms with Crippen LogP contribution in [0.15, 0.2) is 49.1 Å². The van der Waals surface area contributed by atoms with Crippen molar-refractivity contribution in [3.05, 3.63) is 71.6 Å². The van der Waals surface area contributed by atoms with Crippen molar-refractivity contribution in [3.63, 3.8) is 0 Å². The Balaban J connectivity index is 1.65. The monoisotopic (exact) mass is 387 g/mol. The molecule has 0 atom stereocenters. The van der Waals surface area contributed by atoms with Crippen molar-refractivity contribution in [2.24, 2.45) is 5.92 Å². The molecule has 7 heteroatoms. The quantitative estimate of drug-likeness (QED) is 0.548. The summed E-state index contributed by atoms with van der Waals surface area (Å²) in [6.45, 7) is 3.94. The van der Waals surface area contributed by atoms with Crippen molar-refractivity contribution in [3.8, 4) is 11.8 Å². The molecule has 0 bridgehead atoms. The zero-order chi connectivity index (χ0) is 20.8. The van der Waals surface area contributed by atoms with Crippen LogP contribution in [-0.2, 0) is 6.42 Å². The van der Waals surface area contributed by atoms with Crippen molar-refractivity contribution in [1.82, 2.24) is 19.7 Å². The number of carbonyl (C=O) groups excluding carboxylic acids is 2. The first-order valence-electron chi connectivity index (χ1n) is 9.39. The van der Waals surface area contributed by atoms with E-state index in [1.165, 1.54) is 6.20 Å². The molecule has 0 unspecified atom stereocenters. The predicted octanol–water partition coefficient (Wildman–Crippen LogP) is 3.58. The van der Waals surface area contributed by atoms with Gasteiger partial charge in [0.25, 0.3) is 0 Å². The minimum absolute atomic E-state index is 0.0517. The van der Waals surface area contributed by atoms with Gasteiger partial charge in [-0.25, -0.2) is 9.67 Å². The van der Waals surface area contributed by atoms with E-state index in [1.54, 1.807) is 41.3 Å². The molecular formula is C22H21N5O2. The summed E-state index contributed by atoms with van der Waals surface area (Å²) in [4.78, 5) is 33.0. The van der Waals surface area contributed by atoms with Crippen LogP contribution in [0.5, 0.6) is 0 Å². The molecule has 0 radical (unpaired) electrons. The summed E-state index contributed by atoms with van der Waals surface area (Å²) in [6.07, 6.45) is 7.76. The smallest absolute Gasteiger partial charge is 0.181 e. The van der Waals surface area contributed by atoms with Gasteiger partial charge < -0.3 is 0 Å². The molecule has 3 aromatic rings. The Hall–Kier alpha value is -3.66. The fourth-order valence-electron chi connectivity index (χ4n) is 2.85. The molecule has 0 aliphatic carbocycles. The maximum absolute atomic E-state index is 12.5. The van der Waals surface area contributed by atoms with E-state index in [2.05, 4.69) is 15.1 Å². The average Bonchev–Trinajstić information content (AvgIpc) is 3.21. The van der Waals surface area contributed by atoms with Crippen molar-refractivity contribution in [2.45, 2.75) is 33.1 Å². The number of aromatic nitrogens is 4. The first kappa shape index (κ1) is 20.1. The number of ketones is 2. The third-order valence-corrected chi connectivity index (χ3v) is 4.31. The van der Waals surface area contributed by atoms with Crippen LogP contribution in [0.1, 0.15) is 58.8 Å². The molecule has 0 saturated heterocycles. The number of aryl methyl sites for hydroxylation is 1. The molecule has 0 aliphatic heterocycles. The van der Waals surface area contributed by atoms with Gasteiger partial charge in [0.1, 0.15) is 17.5 Å². The van der Waals surface area contributed by atoms with E-state index < -0.39 is 0 Å². The second kappa shape index (κ2) is 9.02. The highest BCUT2D eigenvalue weighted by Crippen LogP contribution is 2.13. The number of carbonyl (C=O) groups is 2. The topological polar surface area (TPSA) is 102 Å². The van der Waals surface area contributed by atoms with Crippen molar-refractivity contribution in [2.75, 3.05) is 0 Å². The summed E-state index contributed by atoms with van der Waals surface area (Å²) < 4.78 is 1.62. The summed E-state index contributed by atoms with van der Waals surface area (Å²) in [5, 5.41) is 13.3. The normalized spacial score (nSPS) is 10.7. The lowest BCUT2D eigenvalue weighted by Gasteiger charge is -2.05. The molecule has 0 fully saturated rings. The molecule has 3 rings (SSSR count). The fourth-order valence-corrected chi connectivity index (χ4v) is 2.85. The predicted molar refractivity (Wildman–Crippen MR) is 107 cm³/mol. The molecular weight excluding hydrogens is 366 g/mol. The van der Waals surface area contributed by atoms with E-state index in [1.807, 2.05) is 26.1 Å². The molecule has 3 aromatic heterocycles. The lowest BCUT2D eigenvalue weighted by atomic mass is 10.0. The molecule has 0 amide bonds. The molecule has 0 aromatic carbocycles. The standard InChI is InChI=1S/C22H21N5O2/c1-15(2)8-22(29)20-5-3-4-19(26-20)21(28)7-6-16-12-25-27(14-16)18-9-17(10-23)11-24-13-18/h3-5,9,11-15H,6-8H2,1-2H3. The number of pyridine rings is 2. The molecule has 0 N–H and O–H groups in total. The lowest BCUT2D eigenvalue weighted by Crippen LogP contribution is -2.10. The molecule has 29 heavy (non-hydrogen) atoms. The van der Waals surface area contributed by atoms with Crippen LogP contribution in [0.25, 0.3) is 5.69 Å². The van der Waals surface area contributed by atoms with Crippen LogP contribution >= 0.6 is 0 Å². The van der Waals surface area contributed by atoms with Gasteiger partial charge in [0.05, 0.1) is 23.6 Å². The lowest BCUT2D eigenvalue weighted by molar-refractivity contribution is 0.0962. The van der Waals surface area contributed by atoms with Crippen molar-refractivity contribution >= 4 is 11.6 Å². The van der Waals surface area contributed by atoms with Gasteiger partial charge in [-0.3, -0.25) is 14.6 Å². The number of nitriles is 1. The molecule has 0 spiro atoms. The number of hydrogen-bond acceptors (Lipinski definition) is 6. The maximum atomic E-state index is 12.5. The Morgan fingerprint density at radius 1 is 1.14 bits per heavy atom. The van der Waals surface area contributed by atoms with E-state index in [-0.39, 0.29) is 23.9 Å². The Bertz CT molecular complexity index is 1080.